The van der Waals surface area contributed by atoms with E-state index in [0.717, 1.165) is 44.1 Å². The number of ketones is 4. The lowest BCUT2D eigenvalue weighted by atomic mass is 9.69. The van der Waals surface area contributed by atoms with Crippen LogP contribution in [0, 0.1) is 5.41 Å². The third-order valence-electron chi connectivity index (χ3n) is 7.26. The number of hydrogen-bond acceptors (Lipinski definition) is 4. The zero-order valence-electron chi connectivity index (χ0n) is 22.4. The minimum atomic E-state index is -1.07. The van der Waals surface area contributed by atoms with E-state index in [2.05, 4.69) is 0 Å². The van der Waals surface area contributed by atoms with Crippen LogP contribution in [0.5, 0.6) is 0 Å². The van der Waals surface area contributed by atoms with Gasteiger partial charge in [0, 0.05) is 17.5 Å². The van der Waals surface area contributed by atoms with Crippen molar-refractivity contribution >= 4 is 23.1 Å². The van der Waals surface area contributed by atoms with E-state index in [9.17, 15) is 19.2 Å². The molecule has 38 heavy (non-hydrogen) atoms. The van der Waals surface area contributed by atoms with Crippen molar-refractivity contribution in [1.82, 2.24) is 0 Å². The predicted octanol–water partition coefficient (Wildman–Crippen LogP) is 7.65. The Bertz CT molecular complexity index is 1180. The molecule has 0 spiro atoms. The third-order valence-corrected chi connectivity index (χ3v) is 7.26. The topological polar surface area (TPSA) is 68.3 Å². The van der Waals surface area contributed by atoms with Crippen molar-refractivity contribution in [3.8, 4) is 0 Å². The average molecular weight is 511 g/mol. The number of carbonyl (C=O) groups excluding carboxylic acids is 4. The normalized spacial score (nSPS) is 12.4. The third kappa shape index (κ3) is 8.44. The highest BCUT2D eigenvalue weighted by Crippen LogP contribution is 2.35. The summed E-state index contributed by atoms with van der Waals surface area (Å²) in [5, 5.41) is 0. The van der Waals surface area contributed by atoms with E-state index in [4.69, 9.17) is 0 Å². The lowest BCUT2D eigenvalue weighted by Crippen LogP contribution is -2.40. The van der Waals surface area contributed by atoms with Crippen molar-refractivity contribution in [2.45, 2.75) is 71.1 Å². The van der Waals surface area contributed by atoms with Crippen molar-refractivity contribution in [2.75, 3.05) is 0 Å². The molecule has 0 radical (unpaired) electrons. The number of Topliss-reactive ketones (excluding diaryl/α,β-unsaturated/α-hetero) is 4. The van der Waals surface area contributed by atoms with Crippen LogP contribution in [0.1, 0.15) is 91.0 Å². The van der Waals surface area contributed by atoms with E-state index in [1.54, 1.807) is 43.3 Å². The Labute approximate surface area is 226 Å². The largest absolute Gasteiger partial charge is 0.299 e. The second-order valence-corrected chi connectivity index (χ2v) is 10.1. The zero-order valence-corrected chi connectivity index (χ0v) is 22.4. The maximum absolute atomic E-state index is 13.7. The molecule has 0 fully saturated rings. The Hall–Kier alpha value is -3.66. The molecule has 3 aromatic rings. The van der Waals surface area contributed by atoms with E-state index >= 15 is 0 Å². The summed E-state index contributed by atoms with van der Waals surface area (Å²) in [5.74, 6) is -0.313. The zero-order chi connectivity index (χ0) is 27.2. The Morgan fingerprint density at radius 1 is 0.605 bits per heavy atom. The van der Waals surface area contributed by atoms with Crippen LogP contribution in [0.25, 0.3) is 0 Å². The van der Waals surface area contributed by atoms with Gasteiger partial charge < -0.3 is 0 Å². The van der Waals surface area contributed by atoms with Gasteiger partial charge in [-0.25, -0.2) is 0 Å². The van der Waals surface area contributed by atoms with E-state index in [-0.39, 0.29) is 29.6 Å². The molecule has 0 aliphatic heterocycles. The lowest BCUT2D eigenvalue weighted by molar-refractivity contribution is -0.124. The summed E-state index contributed by atoms with van der Waals surface area (Å²) < 4.78 is 0. The van der Waals surface area contributed by atoms with Crippen LogP contribution in [-0.4, -0.2) is 23.1 Å². The number of unbranched alkanes of at least 4 members (excludes halogenated alkanes) is 5. The smallest absolute Gasteiger partial charge is 0.176 e. The van der Waals surface area contributed by atoms with E-state index in [1.165, 1.54) is 0 Å². The fourth-order valence-corrected chi connectivity index (χ4v) is 5.00. The molecule has 0 aromatic heterocycles. The van der Waals surface area contributed by atoms with E-state index in [1.807, 2.05) is 54.6 Å². The van der Waals surface area contributed by atoms with Crippen molar-refractivity contribution in [3.63, 3.8) is 0 Å². The average Bonchev–Trinajstić information content (AvgIpc) is 2.94. The molecular weight excluding hydrogens is 472 g/mol. The molecule has 0 saturated heterocycles. The highest BCUT2D eigenvalue weighted by molar-refractivity contribution is 6.14. The molecule has 1 unspecified atom stereocenters. The maximum atomic E-state index is 13.7. The summed E-state index contributed by atoms with van der Waals surface area (Å²) >= 11 is 0. The molecule has 3 aromatic carbocycles. The first kappa shape index (κ1) is 28.9. The van der Waals surface area contributed by atoms with Crippen molar-refractivity contribution in [3.05, 3.63) is 108 Å². The molecular formula is C34H38O4. The monoisotopic (exact) mass is 510 g/mol. The molecule has 198 valence electrons. The van der Waals surface area contributed by atoms with Crippen LogP contribution in [-0.2, 0) is 16.0 Å². The molecule has 4 nitrogen and oxygen atoms in total. The maximum Gasteiger partial charge on any atom is 0.176 e. The Kier molecular flexibility index (Phi) is 11.4. The standard InChI is InChI=1S/C34H38O4/c1-27(35)34(26-28-17-9-6-10-18-28,33(38)30-21-13-8-14-22-30)24-16-5-3-2-4-15-23-31(36)25-32(37)29-19-11-7-12-20-29/h6-14,17-22H,2-5,15-16,23-26H2,1H3. The molecule has 1 atom stereocenters. The first-order chi connectivity index (χ1) is 18.4. The molecule has 4 heteroatoms. The Morgan fingerprint density at radius 2 is 1.11 bits per heavy atom. The Balaban J connectivity index is 1.46. The van der Waals surface area contributed by atoms with Gasteiger partial charge in [-0.05, 0) is 31.7 Å². The van der Waals surface area contributed by atoms with Gasteiger partial charge in [-0.15, -0.1) is 0 Å². The SMILES string of the molecule is CC(=O)C(CCCCCCCCC(=O)CC(=O)c1ccccc1)(Cc1ccccc1)C(=O)c1ccccc1. The van der Waals surface area contributed by atoms with Crippen LogP contribution in [0.4, 0.5) is 0 Å². The van der Waals surface area contributed by atoms with Gasteiger partial charge in [0.1, 0.15) is 11.6 Å². The molecule has 0 heterocycles. The summed E-state index contributed by atoms with van der Waals surface area (Å²) in [7, 11) is 0. The van der Waals surface area contributed by atoms with E-state index in [0.29, 0.717) is 30.4 Å². The van der Waals surface area contributed by atoms with Crippen molar-refractivity contribution < 1.29 is 19.2 Å². The lowest BCUT2D eigenvalue weighted by Gasteiger charge is -2.30. The molecule has 3 rings (SSSR count). The molecule has 0 aliphatic carbocycles. The number of rotatable bonds is 17. The number of carbonyl (C=O) groups is 4. The first-order valence-electron chi connectivity index (χ1n) is 13.7. The summed E-state index contributed by atoms with van der Waals surface area (Å²) in [5.41, 5.74) is 1.08. The fraction of sp³-hybridized carbons (Fsp3) is 0.353. The number of benzene rings is 3. The van der Waals surface area contributed by atoms with Crippen molar-refractivity contribution in [1.29, 1.82) is 0 Å². The van der Waals surface area contributed by atoms with Crippen molar-refractivity contribution in [2.24, 2.45) is 5.41 Å². The van der Waals surface area contributed by atoms with Gasteiger partial charge in [0.15, 0.2) is 11.6 Å². The molecule has 0 bridgehead atoms. The molecule has 0 amide bonds. The number of hydrogen-bond donors (Lipinski definition) is 0. The minimum absolute atomic E-state index is 0.00886. The van der Waals surface area contributed by atoms with Gasteiger partial charge in [-0.2, -0.15) is 0 Å². The minimum Gasteiger partial charge on any atom is -0.299 e. The second kappa shape index (κ2) is 14.9. The van der Waals surface area contributed by atoms with Crippen LogP contribution in [0.3, 0.4) is 0 Å². The van der Waals surface area contributed by atoms with E-state index < -0.39 is 5.41 Å². The summed E-state index contributed by atoms with van der Waals surface area (Å²) in [6.45, 7) is 1.54. The van der Waals surface area contributed by atoms with Crippen LogP contribution in [0.15, 0.2) is 91.0 Å². The van der Waals surface area contributed by atoms with Gasteiger partial charge in [-0.1, -0.05) is 123 Å². The van der Waals surface area contributed by atoms with Gasteiger partial charge in [0.05, 0.1) is 11.8 Å². The van der Waals surface area contributed by atoms with Gasteiger partial charge >= 0.3 is 0 Å². The van der Waals surface area contributed by atoms with Crippen LogP contribution in [0.2, 0.25) is 0 Å². The summed E-state index contributed by atoms with van der Waals surface area (Å²) in [6, 6.07) is 27.8. The predicted molar refractivity (Wildman–Crippen MR) is 151 cm³/mol. The molecule has 0 N–H and O–H groups in total. The summed E-state index contributed by atoms with van der Waals surface area (Å²) in [4.78, 5) is 51.1. The van der Waals surface area contributed by atoms with Gasteiger partial charge in [-0.3, -0.25) is 19.2 Å². The first-order valence-corrected chi connectivity index (χ1v) is 13.7. The van der Waals surface area contributed by atoms with Gasteiger partial charge in [0.2, 0.25) is 0 Å². The van der Waals surface area contributed by atoms with Crippen LogP contribution >= 0.6 is 0 Å². The van der Waals surface area contributed by atoms with Gasteiger partial charge in [0.25, 0.3) is 0 Å². The molecule has 0 aliphatic rings. The molecule has 0 saturated carbocycles. The fourth-order valence-electron chi connectivity index (χ4n) is 5.00. The summed E-state index contributed by atoms with van der Waals surface area (Å²) in [6.07, 6.45) is 6.69. The highest BCUT2D eigenvalue weighted by atomic mass is 16.2. The second-order valence-electron chi connectivity index (χ2n) is 10.1. The van der Waals surface area contributed by atoms with Crippen LogP contribution < -0.4 is 0 Å². The quantitative estimate of drug-likeness (QED) is 0.106. The highest BCUT2D eigenvalue weighted by Gasteiger charge is 2.42. The Morgan fingerprint density at radius 3 is 1.68 bits per heavy atom.